The molecule has 1 fully saturated rings. The Morgan fingerprint density at radius 3 is 2.61 bits per heavy atom. The maximum absolute atomic E-state index is 11.9. The predicted octanol–water partition coefficient (Wildman–Crippen LogP) is 3.18. The lowest BCUT2D eigenvalue weighted by Crippen LogP contribution is -2.42. The summed E-state index contributed by atoms with van der Waals surface area (Å²) in [5, 5.41) is 5.98. The number of carbonyl (C=O) groups is 1. The minimum absolute atomic E-state index is 0.188. The molecule has 0 saturated carbocycles. The molecule has 0 aliphatic carbocycles. The largest absolute Gasteiger partial charge is 0.382 e. The van der Waals surface area contributed by atoms with Crippen molar-refractivity contribution in [3.8, 4) is 0 Å². The fourth-order valence-corrected chi connectivity index (χ4v) is 2.63. The zero-order valence-electron chi connectivity index (χ0n) is 14.1. The van der Waals surface area contributed by atoms with Gasteiger partial charge in [0.1, 0.15) is 0 Å². The monoisotopic (exact) mass is 339 g/mol. The number of nitrogens with two attached hydrogens (primary N) is 1. The topological polar surface area (TPSA) is 67.6 Å². The highest BCUT2D eigenvalue weighted by molar-refractivity contribution is 6.30. The van der Waals surface area contributed by atoms with Gasteiger partial charge in [-0.3, -0.25) is 0 Å². The first kappa shape index (κ1) is 18.0. The molecule has 0 atom stereocenters. The Kier molecular flexibility index (Phi) is 5.89. The van der Waals surface area contributed by atoms with E-state index in [9.17, 15) is 4.79 Å². The highest BCUT2D eigenvalue weighted by atomic mass is 35.5. The zero-order chi connectivity index (χ0) is 17.0. The van der Waals surface area contributed by atoms with E-state index >= 15 is 0 Å². The van der Waals surface area contributed by atoms with E-state index in [2.05, 4.69) is 5.32 Å². The molecule has 128 valence electrons. The number of hydrogen-bond acceptors (Lipinski definition) is 5. The summed E-state index contributed by atoms with van der Waals surface area (Å²) < 4.78 is 0. The van der Waals surface area contributed by atoms with E-state index in [4.69, 9.17) is 22.2 Å². The number of rotatable bonds is 4. The minimum Gasteiger partial charge on any atom is -0.382 e. The van der Waals surface area contributed by atoms with E-state index in [1.165, 1.54) is 0 Å². The molecule has 23 heavy (non-hydrogen) atoms. The van der Waals surface area contributed by atoms with E-state index in [-0.39, 0.29) is 5.97 Å². The lowest BCUT2D eigenvalue weighted by molar-refractivity contribution is -0.204. The zero-order valence-corrected chi connectivity index (χ0v) is 14.8. The molecule has 3 N–H and O–H groups in total. The number of anilines is 1. The smallest absolute Gasteiger partial charge is 0.330 e. The van der Waals surface area contributed by atoms with Crippen LogP contribution in [0.15, 0.2) is 18.2 Å². The lowest BCUT2D eigenvalue weighted by atomic mass is 9.98. The number of nitrogens with zero attached hydrogens (tertiary/aromatic N) is 1. The van der Waals surface area contributed by atoms with E-state index in [1.54, 1.807) is 5.06 Å². The van der Waals surface area contributed by atoms with Gasteiger partial charge in [-0.2, -0.15) is 0 Å². The number of hydroxylamine groups is 2. The third-order valence-electron chi connectivity index (χ3n) is 3.93. The summed E-state index contributed by atoms with van der Waals surface area (Å²) in [6, 6.07) is 6.07. The molecule has 1 aliphatic rings. The molecule has 0 unspecified atom stereocenters. The van der Waals surface area contributed by atoms with Crippen molar-refractivity contribution in [1.29, 1.82) is 0 Å². The van der Waals surface area contributed by atoms with Crippen LogP contribution in [0.25, 0.3) is 0 Å². The van der Waals surface area contributed by atoms with Gasteiger partial charge in [0.05, 0.1) is 5.41 Å². The van der Waals surface area contributed by atoms with Crippen LogP contribution >= 0.6 is 11.6 Å². The van der Waals surface area contributed by atoms with Gasteiger partial charge in [0.2, 0.25) is 0 Å². The van der Waals surface area contributed by atoms with Crippen molar-refractivity contribution in [2.24, 2.45) is 11.1 Å². The summed E-state index contributed by atoms with van der Waals surface area (Å²) in [5.74, 6) is -0.188. The molecule has 1 aromatic rings. The first-order chi connectivity index (χ1) is 10.8. The van der Waals surface area contributed by atoms with Crippen molar-refractivity contribution in [3.63, 3.8) is 0 Å². The van der Waals surface area contributed by atoms with Crippen molar-refractivity contribution in [2.75, 3.05) is 18.4 Å². The lowest BCUT2D eigenvalue weighted by Gasteiger charge is -2.33. The third-order valence-corrected chi connectivity index (χ3v) is 4.16. The number of carbonyl (C=O) groups excluding carboxylic acids is 1. The molecule has 0 amide bonds. The number of halogens is 1. The number of piperidine rings is 1. The highest BCUT2D eigenvalue weighted by Gasteiger charge is 2.28. The van der Waals surface area contributed by atoms with Crippen LogP contribution in [-0.4, -0.2) is 30.2 Å². The van der Waals surface area contributed by atoms with Gasteiger partial charge in [0, 0.05) is 36.4 Å². The van der Waals surface area contributed by atoms with Crippen molar-refractivity contribution < 1.29 is 9.63 Å². The summed E-state index contributed by atoms with van der Waals surface area (Å²) in [6.45, 7) is 7.48. The summed E-state index contributed by atoms with van der Waals surface area (Å²) in [5.41, 5.74) is 7.34. The van der Waals surface area contributed by atoms with E-state index in [0.29, 0.717) is 17.6 Å². The standard InChI is InChI=1S/C17H26ClN3O2/c1-17(2,3)16(22)23-21-8-6-14(7-9-21)20-15-5-4-13(18)10-12(15)11-19/h4-5,10,14,20H,6-9,11,19H2,1-3H3. The summed E-state index contributed by atoms with van der Waals surface area (Å²) in [4.78, 5) is 17.4. The molecule has 0 aromatic heterocycles. The molecule has 5 nitrogen and oxygen atoms in total. The molecule has 6 heteroatoms. The van der Waals surface area contributed by atoms with E-state index in [0.717, 1.165) is 37.2 Å². The molecule has 0 spiro atoms. The van der Waals surface area contributed by atoms with Crippen LogP contribution in [0.5, 0.6) is 0 Å². The number of hydrogen-bond donors (Lipinski definition) is 2. The van der Waals surface area contributed by atoms with Gasteiger partial charge in [-0.15, -0.1) is 5.06 Å². The van der Waals surface area contributed by atoms with Crippen LogP contribution < -0.4 is 11.1 Å². The van der Waals surface area contributed by atoms with Gasteiger partial charge in [0.15, 0.2) is 0 Å². The second-order valence-electron chi connectivity index (χ2n) is 6.98. The molecule has 0 radical (unpaired) electrons. The van der Waals surface area contributed by atoms with Crippen LogP contribution in [0, 0.1) is 5.41 Å². The molecule has 1 aliphatic heterocycles. The summed E-state index contributed by atoms with van der Waals surface area (Å²) >= 11 is 6.00. The first-order valence-electron chi connectivity index (χ1n) is 8.02. The average molecular weight is 340 g/mol. The van der Waals surface area contributed by atoms with Gasteiger partial charge in [0.25, 0.3) is 0 Å². The molecule has 2 rings (SSSR count). The van der Waals surface area contributed by atoms with Gasteiger partial charge >= 0.3 is 5.97 Å². The van der Waals surface area contributed by atoms with Crippen molar-refractivity contribution in [2.45, 2.75) is 46.2 Å². The van der Waals surface area contributed by atoms with E-state index < -0.39 is 5.41 Å². The van der Waals surface area contributed by atoms with Gasteiger partial charge in [-0.1, -0.05) is 11.6 Å². The van der Waals surface area contributed by atoms with Crippen LogP contribution in [0.3, 0.4) is 0 Å². The highest BCUT2D eigenvalue weighted by Crippen LogP contribution is 2.24. The van der Waals surface area contributed by atoms with Gasteiger partial charge in [-0.25, -0.2) is 4.79 Å². The maximum atomic E-state index is 11.9. The predicted molar refractivity (Wildman–Crippen MR) is 93.1 cm³/mol. The Morgan fingerprint density at radius 1 is 1.39 bits per heavy atom. The Balaban J connectivity index is 1.87. The van der Waals surface area contributed by atoms with Crippen molar-refractivity contribution in [1.82, 2.24) is 5.06 Å². The average Bonchev–Trinajstić information content (AvgIpc) is 2.50. The minimum atomic E-state index is -0.478. The molecule has 1 saturated heterocycles. The Bertz CT molecular complexity index is 549. The molecule has 0 bridgehead atoms. The SMILES string of the molecule is CC(C)(C)C(=O)ON1CCC(Nc2ccc(Cl)cc2CN)CC1. The Morgan fingerprint density at radius 2 is 2.04 bits per heavy atom. The Labute approximate surface area is 143 Å². The fraction of sp³-hybridized carbons (Fsp3) is 0.588. The summed E-state index contributed by atoms with van der Waals surface area (Å²) in [7, 11) is 0. The number of benzene rings is 1. The second kappa shape index (κ2) is 7.51. The van der Waals surface area contributed by atoms with Gasteiger partial charge in [-0.05, 0) is 57.4 Å². The van der Waals surface area contributed by atoms with Crippen molar-refractivity contribution >= 4 is 23.3 Å². The third kappa shape index (κ3) is 5.09. The van der Waals surface area contributed by atoms with Crippen molar-refractivity contribution in [3.05, 3.63) is 28.8 Å². The maximum Gasteiger partial charge on any atom is 0.330 e. The first-order valence-corrected chi connectivity index (χ1v) is 8.40. The quantitative estimate of drug-likeness (QED) is 0.881. The molecule has 1 heterocycles. The van der Waals surface area contributed by atoms with Gasteiger partial charge < -0.3 is 15.9 Å². The van der Waals surface area contributed by atoms with Crippen LogP contribution in [-0.2, 0) is 16.2 Å². The second-order valence-corrected chi connectivity index (χ2v) is 7.42. The number of nitrogens with one attached hydrogen (secondary N) is 1. The fourth-order valence-electron chi connectivity index (χ4n) is 2.44. The van der Waals surface area contributed by atoms with Crippen LogP contribution in [0.1, 0.15) is 39.2 Å². The molecular weight excluding hydrogens is 314 g/mol. The molecule has 1 aromatic carbocycles. The van der Waals surface area contributed by atoms with Crippen LogP contribution in [0.4, 0.5) is 5.69 Å². The van der Waals surface area contributed by atoms with E-state index in [1.807, 2.05) is 39.0 Å². The summed E-state index contributed by atoms with van der Waals surface area (Å²) in [6.07, 6.45) is 1.81. The van der Waals surface area contributed by atoms with Crippen LogP contribution in [0.2, 0.25) is 5.02 Å². The molecular formula is C17H26ClN3O2. The Hall–Kier alpha value is -1.30. The normalized spacial score (nSPS) is 17.1.